The molecule has 1 heterocycles. The summed E-state index contributed by atoms with van der Waals surface area (Å²) in [5, 5.41) is 20.8. The van der Waals surface area contributed by atoms with Gasteiger partial charge < -0.3 is 14.8 Å². The Balaban J connectivity index is 2.21. The van der Waals surface area contributed by atoms with Gasteiger partial charge in [0.1, 0.15) is 11.9 Å². The van der Waals surface area contributed by atoms with Crippen LogP contribution >= 0.6 is 0 Å². The Morgan fingerprint density at radius 1 is 1.14 bits per heavy atom. The smallest absolute Gasteiger partial charge is 0.123 e. The van der Waals surface area contributed by atoms with E-state index in [-0.39, 0.29) is 5.82 Å². The number of rotatable bonds is 4. The van der Waals surface area contributed by atoms with Crippen LogP contribution in [0.5, 0.6) is 0 Å². The average Bonchev–Trinajstić information content (AvgIpc) is 2.85. The number of para-hydroxylation sites is 1. The first-order valence-electron chi connectivity index (χ1n) is 7.22. The summed E-state index contributed by atoms with van der Waals surface area (Å²) in [5.41, 5.74) is 2.64. The molecule has 0 amide bonds. The number of aromatic nitrogens is 1. The molecule has 0 spiro atoms. The lowest BCUT2D eigenvalue weighted by atomic mass is 10.0. The number of halogens is 1. The summed E-state index contributed by atoms with van der Waals surface area (Å²) in [6.07, 6.45) is 0.913. The van der Waals surface area contributed by atoms with Crippen molar-refractivity contribution < 1.29 is 14.6 Å². The van der Waals surface area contributed by atoms with Crippen LogP contribution in [0.15, 0.2) is 54.7 Å². The molecule has 0 unspecified atom stereocenters. The van der Waals surface area contributed by atoms with Gasteiger partial charge in [-0.25, -0.2) is 4.39 Å². The zero-order valence-electron chi connectivity index (χ0n) is 12.3. The van der Waals surface area contributed by atoms with Gasteiger partial charge in [0, 0.05) is 17.1 Å². The fourth-order valence-corrected chi connectivity index (χ4v) is 2.97. The van der Waals surface area contributed by atoms with E-state index in [9.17, 15) is 14.6 Å². The molecule has 0 fully saturated rings. The highest BCUT2D eigenvalue weighted by Crippen LogP contribution is 2.30. The van der Waals surface area contributed by atoms with Crippen molar-refractivity contribution in [2.75, 3.05) is 6.61 Å². The van der Waals surface area contributed by atoms with E-state index in [4.69, 9.17) is 0 Å². The van der Waals surface area contributed by atoms with E-state index in [2.05, 4.69) is 0 Å². The number of aryl methyl sites for hydroxylation is 1. The third-order valence-electron chi connectivity index (χ3n) is 3.98. The molecule has 2 aromatic carbocycles. The van der Waals surface area contributed by atoms with Crippen LogP contribution in [-0.2, 0) is 0 Å². The third kappa shape index (κ3) is 2.51. The van der Waals surface area contributed by atoms with Gasteiger partial charge in [0.25, 0.3) is 0 Å². The molecule has 22 heavy (non-hydrogen) atoms. The van der Waals surface area contributed by atoms with E-state index in [1.54, 1.807) is 12.1 Å². The van der Waals surface area contributed by atoms with Gasteiger partial charge in [0.05, 0.1) is 12.6 Å². The van der Waals surface area contributed by atoms with Gasteiger partial charge >= 0.3 is 0 Å². The molecule has 0 bridgehead atoms. The maximum absolute atomic E-state index is 13.6. The lowest BCUT2D eigenvalue weighted by molar-refractivity contribution is 0.0653. The molecule has 0 radical (unpaired) electrons. The Morgan fingerprint density at radius 2 is 1.91 bits per heavy atom. The average molecular weight is 299 g/mol. The Hall–Kier alpha value is -2.17. The van der Waals surface area contributed by atoms with Gasteiger partial charge in [0.15, 0.2) is 0 Å². The standard InChI is InChI=1S/C18H18FNO2/c1-12-10-20(16-8-3-2-7-15(12)16)18(17(22)11-21)13-5-4-6-14(19)9-13/h2-10,17-18,21-22H,11H2,1H3/t17-,18+/m1/s1. The molecule has 4 heteroatoms. The van der Waals surface area contributed by atoms with Crippen LogP contribution in [0, 0.1) is 12.7 Å². The number of fused-ring (bicyclic) bond motifs is 1. The van der Waals surface area contributed by atoms with Crippen LogP contribution in [0.4, 0.5) is 4.39 Å². The second-order valence-corrected chi connectivity index (χ2v) is 5.49. The molecular formula is C18H18FNO2. The first-order chi connectivity index (χ1) is 10.6. The molecule has 2 atom stereocenters. The van der Waals surface area contributed by atoms with E-state index < -0.39 is 18.8 Å². The van der Waals surface area contributed by atoms with Crippen molar-refractivity contribution in [3.63, 3.8) is 0 Å². The SMILES string of the molecule is Cc1cn([C@@H](c2cccc(F)c2)[C@H](O)CO)c2ccccc12. The van der Waals surface area contributed by atoms with Crippen LogP contribution in [0.1, 0.15) is 17.2 Å². The number of benzene rings is 2. The van der Waals surface area contributed by atoms with Crippen LogP contribution < -0.4 is 0 Å². The summed E-state index contributed by atoms with van der Waals surface area (Å²) in [7, 11) is 0. The second-order valence-electron chi connectivity index (χ2n) is 5.49. The lowest BCUT2D eigenvalue weighted by Crippen LogP contribution is -2.28. The number of aliphatic hydroxyl groups excluding tert-OH is 2. The van der Waals surface area contributed by atoms with Gasteiger partial charge in [-0.3, -0.25) is 0 Å². The maximum Gasteiger partial charge on any atom is 0.123 e. The summed E-state index contributed by atoms with van der Waals surface area (Å²) in [4.78, 5) is 0. The van der Waals surface area contributed by atoms with Crippen LogP contribution in [0.25, 0.3) is 10.9 Å². The first-order valence-corrected chi connectivity index (χ1v) is 7.22. The fraction of sp³-hybridized carbons (Fsp3) is 0.222. The quantitative estimate of drug-likeness (QED) is 0.778. The van der Waals surface area contributed by atoms with Crippen LogP contribution in [0.2, 0.25) is 0 Å². The Bertz CT molecular complexity index is 797. The number of hydrogen-bond acceptors (Lipinski definition) is 2. The Morgan fingerprint density at radius 3 is 2.64 bits per heavy atom. The number of aliphatic hydroxyl groups is 2. The zero-order chi connectivity index (χ0) is 15.7. The molecule has 1 aromatic heterocycles. The summed E-state index contributed by atoms with van der Waals surface area (Å²) in [5.74, 6) is -0.360. The molecule has 0 aliphatic rings. The minimum Gasteiger partial charge on any atom is -0.394 e. The third-order valence-corrected chi connectivity index (χ3v) is 3.98. The molecule has 3 rings (SSSR count). The fourth-order valence-electron chi connectivity index (χ4n) is 2.97. The van der Waals surface area contributed by atoms with Crippen molar-refractivity contribution in [2.45, 2.75) is 19.1 Å². The highest BCUT2D eigenvalue weighted by atomic mass is 19.1. The molecule has 0 aliphatic carbocycles. The topological polar surface area (TPSA) is 45.4 Å². The number of nitrogens with zero attached hydrogens (tertiary/aromatic N) is 1. The van der Waals surface area contributed by atoms with E-state index in [0.717, 1.165) is 16.5 Å². The Labute approximate surface area is 128 Å². The summed E-state index contributed by atoms with van der Waals surface area (Å²) >= 11 is 0. The predicted molar refractivity (Wildman–Crippen MR) is 84.3 cm³/mol. The largest absolute Gasteiger partial charge is 0.394 e. The van der Waals surface area contributed by atoms with E-state index in [1.165, 1.54) is 12.1 Å². The monoisotopic (exact) mass is 299 g/mol. The molecule has 3 nitrogen and oxygen atoms in total. The summed E-state index contributed by atoms with van der Waals surface area (Å²) in [6, 6.07) is 13.4. The molecule has 3 aromatic rings. The summed E-state index contributed by atoms with van der Waals surface area (Å²) < 4.78 is 15.5. The summed E-state index contributed by atoms with van der Waals surface area (Å²) in [6.45, 7) is 1.60. The molecule has 2 N–H and O–H groups in total. The van der Waals surface area contributed by atoms with Gasteiger partial charge in [-0.1, -0.05) is 30.3 Å². The molecule has 0 saturated heterocycles. The number of hydrogen-bond donors (Lipinski definition) is 2. The van der Waals surface area contributed by atoms with Crippen molar-refractivity contribution in [3.8, 4) is 0 Å². The van der Waals surface area contributed by atoms with Crippen molar-refractivity contribution in [2.24, 2.45) is 0 Å². The molecule has 0 aliphatic heterocycles. The van der Waals surface area contributed by atoms with Gasteiger partial charge in [-0.05, 0) is 36.2 Å². The van der Waals surface area contributed by atoms with E-state index in [0.29, 0.717) is 5.56 Å². The van der Waals surface area contributed by atoms with Crippen molar-refractivity contribution in [3.05, 3.63) is 71.7 Å². The molecular weight excluding hydrogens is 281 g/mol. The second kappa shape index (κ2) is 5.91. The predicted octanol–water partition coefficient (Wildman–Crippen LogP) is 3.03. The zero-order valence-corrected chi connectivity index (χ0v) is 12.3. The first kappa shape index (κ1) is 14.8. The lowest BCUT2D eigenvalue weighted by Gasteiger charge is -2.25. The van der Waals surface area contributed by atoms with Crippen molar-refractivity contribution in [1.82, 2.24) is 4.57 Å². The van der Waals surface area contributed by atoms with E-state index >= 15 is 0 Å². The van der Waals surface area contributed by atoms with Gasteiger partial charge in [0.2, 0.25) is 0 Å². The molecule has 114 valence electrons. The maximum atomic E-state index is 13.6. The normalized spacial score (nSPS) is 14.2. The minimum absolute atomic E-state index is 0.360. The highest BCUT2D eigenvalue weighted by Gasteiger charge is 2.24. The van der Waals surface area contributed by atoms with Crippen LogP contribution in [0.3, 0.4) is 0 Å². The van der Waals surface area contributed by atoms with Crippen LogP contribution in [-0.4, -0.2) is 27.5 Å². The van der Waals surface area contributed by atoms with Gasteiger partial charge in [-0.15, -0.1) is 0 Å². The molecule has 0 saturated carbocycles. The van der Waals surface area contributed by atoms with Crippen molar-refractivity contribution >= 4 is 10.9 Å². The van der Waals surface area contributed by atoms with Gasteiger partial charge in [-0.2, -0.15) is 0 Å². The highest BCUT2D eigenvalue weighted by molar-refractivity contribution is 5.84. The van der Waals surface area contributed by atoms with Crippen molar-refractivity contribution in [1.29, 1.82) is 0 Å². The minimum atomic E-state index is -1.02. The van der Waals surface area contributed by atoms with E-state index in [1.807, 2.05) is 42.0 Å². The Kier molecular flexibility index (Phi) is 3.96.